The summed E-state index contributed by atoms with van der Waals surface area (Å²) in [5.41, 5.74) is 0.742. The second-order valence-electron chi connectivity index (χ2n) is 4.15. The zero-order valence-corrected chi connectivity index (χ0v) is 11.2. The summed E-state index contributed by atoms with van der Waals surface area (Å²) in [6, 6.07) is 5.51. The van der Waals surface area contributed by atoms with Gasteiger partial charge in [-0.25, -0.2) is 0 Å². The van der Waals surface area contributed by atoms with Crippen LogP contribution in [0.4, 0.5) is 0 Å². The van der Waals surface area contributed by atoms with Crippen molar-refractivity contribution in [1.82, 2.24) is 0 Å². The summed E-state index contributed by atoms with van der Waals surface area (Å²) in [4.78, 5) is 0. The van der Waals surface area contributed by atoms with Crippen molar-refractivity contribution in [3.63, 3.8) is 0 Å². The van der Waals surface area contributed by atoms with E-state index in [0.29, 0.717) is 12.5 Å². The first-order chi connectivity index (χ1) is 8.71. The topological polar surface area (TPSA) is 38.7 Å². The van der Waals surface area contributed by atoms with Crippen molar-refractivity contribution in [2.75, 3.05) is 20.3 Å². The lowest BCUT2D eigenvalue weighted by molar-refractivity contribution is 0.255. The first-order valence-corrected chi connectivity index (χ1v) is 6.11. The van der Waals surface area contributed by atoms with Gasteiger partial charge in [0.05, 0.1) is 19.3 Å². The third kappa shape index (κ3) is 4.31. The van der Waals surface area contributed by atoms with Gasteiger partial charge in [0.2, 0.25) is 0 Å². The third-order valence-corrected chi connectivity index (χ3v) is 2.71. The number of ether oxygens (including phenoxy) is 2. The fourth-order valence-electron chi connectivity index (χ4n) is 1.34. The quantitative estimate of drug-likeness (QED) is 0.813. The van der Waals surface area contributed by atoms with Crippen molar-refractivity contribution in [1.29, 1.82) is 0 Å². The zero-order valence-electron chi connectivity index (χ0n) is 11.2. The Morgan fingerprint density at radius 1 is 1.39 bits per heavy atom. The van der Waals surface area contributed by atoms with Gasteiger partial charge in [0, 0.05) is 0 Å². The van der Waals surface area contributed by atoms with Crippen molar-refractivity contribution in [2.45, 2.75) is 20.3 Å². The second kappa shape index (κ2) is 7.62. The van der Waals surface area contributed by atoms with E-state index in [1.165, 1.54) is 0 Å². The molecular formula is C15H20O3. The number of hydrogen-bond acceptors (Lipinski definition) is 3. The van der Waals surface area contributed by atoms with Crippen LogP contribution in [0.2, 0.25) is 0 Å². The number of hydrogen-bond donors (Lipinski definition) is 1. The molecule has 3 heteroatoms. The molecule has 98 valence electrons. The highest BCUT2D eigenvalue weighted by Gasteiger charge is 2.06. The van der Waals surface area contributed by atoms with Crippen LogP contribution in [0, 0.1) is 17.8 Å². The predicted octanol–water partition coefficient (Wildman–Crippen LogP) is 2.46. The molecular weight excluding hydrogens is 228 g/mol. The van der Waals surface area contributed by atoms with Crippen LogP contribution in [0.25, 0.3) is 0 Å². The zero-order chi connectivity index (χ0) is 13.4. The first kappa shape index (κ1) is 14.4. The number of benzene rings is 1. The lowest BCUT2D eigenvalue weighted by Crippen LogP contribution is -2.08. The van der Waals surface area contributed by atoms with E-state index in [2.05, 4.69) is 25.7 Å². The van der Waals surface area contributed by atoms with E-state index in [0.717, 1.165) is 23.5 Å². The monoisotopic (exact) mass is 248 g/mol. The maximum absolute atomic E-state index is 8.76. The largest absolute Gasteiger partial charge is 0.497 e. The summed E-state index contributed by atoms with van der Waals surface area (Å²) in [6.45, 7) is 4.77. The fraction of sp³-hybridized carbons (Fsp3) is 0.467. The van der Waals surface area contributed by atoms with Gasteiger partial charge >= 0.3 is 0 Å². The van der Waals surface area contributed by atoms with E-state index in [1.807, 2.05) is 18.2 Å². The minimum atomic E-state index is -0.165. The van der Waals surface area contributed by atoms with Crippen molar-refractivity contribution in [2.24, 2.45) is 5.92 Å². The van der Waals surface area contributed by atoms with Crippen molar-refractivity contribution in [3.8, 4) is 23.3 Å². The number of aliphatic hydroxyl groups excluding tert-OH is 1. The lowest BCUT2D eigenvalue weighted by Gasteiger charge is -2.13. The van der Waals surface area contributed by atoms with Gasteiger partial charge in [-0.15, -0.1) is 0 Å². The van der Waals surface area contributed by atoms with Gasteiger partial charge in [0.25, 0.3) is 0 Å². The van der Waals surface area contributed by atoms with Crippen molar-refractivity contribution in [3.05, 3.63) is 23.8 Å². The number of methoxy groups -OCH3 is 1. The van der Waals surface area contributed by atoms with E-state index in [1.54, 1.807) is 7.11 Å². The van der Waals surface area contributed by atoms with Crippen LogP contribution in [0.3, 0.4) is 0 Å². The molecule has 0 fully saturated rings. The molecule has 0 spiro atoms. The predicted molar refractivity (Wildman–Crippen MR) is 71.9 cm³/mol. The fourth-order valence-corrected chi connectivity index (χ4v) is 1.34. The van der Waals surface area contributed by atoms with Gasteiger partial charge < -0.3 is 14.6 Å². The van der Waals surface area contributed by atoms with Gasteiger partial charge in [0.1, 0.15) is 18.1 Å². The molecule has 0 aromatic heterocycles. The molecule has 18 heavy (non-hydrogen) atoms. The molecule has 0 aliphatic carbocycles. The molecule has 1 aromatic carbocycles. The molecule has 0 saturated heterocycles. The van der Waals surface area contributed by atoms with Gasteiger partial charge in [-0.2, -0.15) is 0 Å². The molecule has 0 radical (unpaired) electrons. The summed E-state index contributed by atoms with van der Waals surface area (Å²) in [7, 11) is 1.61. The highest BCUT2D eigenvalue weighted by molar-refractivity contribution is 5.50. The van der Waals surface area contributed by atoms with Crippen LogP contribution < -0.4 is 9.47 Å². The van der Waals surface area contributed by atoms with Crippen LogP contribution in [-0.2, 0) is 0 Å². The molecule has 0 heterocycles. The summed E-state index contributed by atoms with van der Waals surface area (Å²) in [5, 5.41) is 8.76. The molecule has 1 atom stereocenters. The van der Waals surface area contributed by atoms with E-state index in [9.17, 15) is 0 Å². The Morgan fingerprint density at radius 2 is 2.17 bits per heavy atom. The van der Waals surface area contributed by atoms with Crippen LogP contribution >= 0.6 is 0 Å². The summed E-state index contributed by atoms with van der Waals surface area (Å²) in [5.74, 6) is 7.47. The molecule has 0 bridgehead atoms. The van der Waals surface area contributed by atoms with E-state index in [4.69, 9.17) is 14.6 Å². The van der Waals surface area contributed by atoms with Crippen LogP contribution in [0.15, 0.2) is 18.2 Å². The SMILES string of the molecule is CCC(C)COc1ccc(OC)cc1C#CCO. The minimum Gasteiger partial charge on any atom is -0.497 e. The smallest absolute Gasteiger partial charge is 0.135 e. The van der Waals surface area contributed by atoms with Gasteiger partial charge in [-0.05, 0) is 24.1 Å². The highest BCUT2D eigenvalue weighted by Crippen LogP contribution is 2.24. The Morgan fingerprint density at radius 3 is 2.78 bits per heavy atom. The highest BCUT2D eigenvalue weighted by atomic mass is 16.5. The third-order valence-electron chi connectivity index (χ3n) is 2.71. The number of rotatable bonds is 5. The van der Waals surface area contributed by atoms with Crippen LogP contribution in [0.5, 0.6) is 11.5 Å². The molecule has 1 N–H and O–H groups in total. The molecule has 0 aliphatic heterocycles. The Balaban J connectivity index is 2.88. The molecule has 1 aromatic rings. The second-order valence-corrected chi connectivity index (χ2v) is 4.15. The van der Waals surface area contributed by atoms with Crippen molar-refractivity contribution < 1.29 is 14.6 Å². The van der Waals surface area contributed by atoms with E-state index >= 15 is 0 Å². The van der Waals surface area contributed by atoms with Crippen LogP contribution in [-0.4, -0.2) is 25.4 Å². The van der Waals surface area contributed by atoms with E-state index in [-0.39, 0.29) is 6.61 Å². The van der Waals surface area contributed by atoms with E-state index < -0.39 is 0 Å². The average Bonchev–Trinajstić information content (AvgIpc) is 2.42. The molecule has 0 saturated carbocycles. The van der Waals surface area contributed by atoms with Crippen molar-refractivity contribution >= 4 is 0 Å². The minimum absolute atomic E-state index is 0.165. The average molecular weight is 248 g/mol. The molecule has 3 nitrogen and oxygen atoms in total. The van der Waals surface area contributed by atoms with Gasteiger partial charge in [-0.3, -0.25) is 0 Å². The molecule has 1 unspecified atom stereocenters. The van der Waals surface area contributed by atoms with Gasteiger partial charge in [0.15, 0.2) is 0 Å². The maximum Gasteiger partial charge on any atom is 0.135 e. The maximum atomic E-state index is 8.76. The molecule has 0 amide bonds. The summed E-state index contributed by atoms with van der Waals surface area (Å²) < 4.78 is 10.9. The Labute approximate surface area is 109 Å². The Kier molecular flexibility index (Phi) is 6.10. The lowest BCUT2D eigenvalue weighted by atomic mass is 10.1. The summed E-state index contributed by atoms with van der Waals surface area (Å²) >= 11 is 0. The molecule has 1 rings (SSSR count). The first-order valence-electron chi connectivity index (χ1n) is 6.11. The Hall–Kier alpha value is -1.66. The van der Waals surface area contributed by atoms with Gasteiger partial charge in [-0.1, -0.05) is 32.1 Å². The van der Waals surface area contributed by atoms with Crippen LogP contribution in [0.1, 0.15) is 25.8 Å². The number of aliphatic hydroxyl groups is 1. The Bertz CT molecular complexity index is 429. The standard InChI is InChI=1S/C15H20O3/c1-4-12(2)11-18-15-8-7-14(17-3)10-13(15)6-5-9-16/h7-8,10,12,16H,4,9,11H2,1-3H3. The molecule has 0 aliphatic rings. The normalized spacial score (nSPS) is 11.3. The summed E-state index contributed by atoms with van der Waals surface area (Å²) in [6.07, 6.45) is 1.08.